The summed E-state index contributed by atoms with van der Waals surface area (Å²) in [6.07, 6.45) is 3.45. The summed E-state index contributed by atoms with van der Waals surface area (Å²) in [5.41, 5.74) is 3.66. The summed E-state index contributed by atoms with van der Waals surface area (Å²) in [6.45, 7) is 2.89. The molecule has 0 radical (unpaired) electrons. The molecule has 0 aliphatic carbocycles. The summed E-state index contributed by atoms with van der Waals surface area (Å²) in [7, 11) is 0. The first-order chi connectivity index (χ1) is 8.22. The summed E-state index contributed by atoms with van der Waals surface area (Å²) >= 11 is 5.67. The molecule has 1 aromatic carbocycles. The van der Waals surface area contributed by atoms with E-state index in [1.165, 1.54) is 11.1 Å². The van der Waals surface area contributed by atoms with Crippen LogP contribution in [0.2, 0.25) is 0 Å². The number of nitrogens with zero attached hydrogens (tertiary/aromatic N) is 1. The standard InChI is InChI=1S/C14H18ClNO/c1-11-4-6-13-12(10-11)5-7-14(17)16(13)9-3-2-8-15/h4,6,10H,2-3,5,7-9H2,1H3. The van der Waals surface area contributed by atoms with E-state index in [1.54, 1.807) is 0 Å². The Balaban J connectivity index is 2.18. The number of alkyl halides is 1. The molecule has 0 bridgehead atoms. The van der Waals surface area contributed by atoms with Gasteiger partial charge in [0, 0.05) is 24.5 Å². The number of amides is 1. The molecule has 3 heteroatoms. The number of unbranched alkanes of at least 4 members (excludes halogenated alkanes) is 1. The third-order valence-corrected chi connectivity index (χ3v) is 3.47. The lowest BCUT2D eigenvalue weighted by atomic mass is 9.99. The minimum absolute atomic E-state index is 0.246. The van der Waals surface area contributed by atoms with E-state index in [4.69, 9.17) is 11.6 Å². The SMILES string of the molecule is Cc1ccc2c(c1)CCC(=O)N2CCCCCl. The van der Waals surface area contributed by atoms with Crippen LogP contribution in [0.1, 0.15) is 30.4 Å². The van der Waals surface area contributed by atoms with Gasteiger partial charge in [-0.05, 0) is 37.8 Å². The molecule has 1 aliphatic heterocycles. The fourth-order valence-corrected chi connectivity index (χ4v) is 2.49. The van der Waals surface area contributed by atoms with E-state index in [0.717, 1.165) is 31.5 Å². The predicted octanol–water partition coefficient (Wildman–Crippen LogP) is 3.29. The Kier molecular flexibility index (Phi) is 4.06. The molecule has 1 aliphatic rings. The van der Waals surface area contributed by atoms with Crippen molar-refractivity contribution in [2.75, 3.05) is 17.3 Å². The number of benzene rings is 1. The molecular formula is C14H18ClNO. The summed E-state index contributed by atoms with van der Waals surface area (Å²) in [5, 5.41) is 0. The van der Waals surface area contributed by atoms with Gasteiger partial charge >= 0.3 is 0 Å². The summed E-state index contributed by atoms with van der Waals surface area (Å²) in [6, 6.07) is 6.34. The maximum absolute atomic E-state index is 11.9. The second-order valence-corrected chi connectivity index (χ2v) is 4.95. The number of hydrogen-bond donors (Lipinski definition) is 0. The molecule has 0 unspecified atom stereocenters. The minimum atomic E-state index is 0.246. The van der Waals surface area contributed by atoms with E-state index in [1.807, 2.05) is 4.90 Å². The van der Waals surface area contributed by atoms with E-state index >= 15 is 0 Å². The number of aryl methyl sites for hydroxylation is 2. The van der Waals surface area contributed by atoms with Crippen LogP contribution in [0.5, 0.6) is 0 Å². The third kappa shape index (κ3) is 2.81. The Morgan fingerprint density at radius 2 is 2.12 bits per heavy atom. The average molecular weight is 252 g/mol. The van der Waals surface area contributed by atoms with Crippen LogP contribution < -0.4 is 4.90 Å². The topological polar surface area (TPSA) is 20.3 Å². The van der Waals surface area contributed by atoms with Gasteiger partial charge in [-0.1, -0.05) is 17.7 Å². The molecule has 2 rings (SSSR count). The Morgan fingerprint density at radius 1 is 1.29 bits per heavy atom. The number of hydrogen-bond acceptors (Lipinski definition) is 1. The lowest BCUT2D eigenvalue weighted by Gasteiger charge is -2.29. The van der Waals surface area contributed by atoms with E-state index in [0.29, 0.717) is 12.3 Å². The van der Waals surface area contributed by atoms with Gasteiger partial charge in [-0.15, -0.1) is 11.6 Å². The number of halogens is 1. The number of carbonyl (C=O) groups is 1. The molecule has 0 atom stereocenters. The molecule has 17 heavy (non-hydrogen) atoms. The highest BCUT2D eigenvalue weighted by Gasteiger charge is 2.23. The Bertz CT molecular complexity index is 417. The molecule has 92 valence electrons. The Labute approximate surface area is 108 Å². The number of anilines is 1. The van der Waals surface area contributed by atoms with Gasteiger partial charge in [-0.2, -0.15) is 0 Å². The van der Waals surface area contributed by atoms with E-state index in [2.05, 4.69) is 25.1 Å². The molecule has 1 heterocycles. The van der Waals surface area contributed by atoms with Crippen molar-refractivity contribution in [2.24, 2.45) is 0 Å². The van der Waals surface area contributed by atoms with Crippen molar-refractivity contribution in [2.45, 2.75) is 32.6 Å². The van der Waals surface area contributed by atoms with Gasteiger partial charge < -0.3 is 4.90 Å². The largest absolute Gasteiger partial charge is 0.312 e. The summed E-state index contributed by atoms with van der Waals surface area (Å²) < 4.78 is 0. The average Bonchev–Trinajstić information content (AvgIpc) is 2.32. The number of carbonyl (C=O) groups excluding carboxylic acids is 1. The third-order valence-electron chi connectivity index (χ3n) is 3.20. The monoisotopic (exact) mass is 251 g/mol. The maximum Gasteiger partial charge on any atom is 0.227 e. The first kappa shape index (κ1) is 12.4. The van der Waals surface area contributed by atoms with Crippen molar-refractivity contribution in [3.63, 3.8) is 0 Å². The van der Waals surface area contributed by atoms with E-state index in [-0.39, 0.29) is 5.91 Å². The van der Waals surface area contributed by atoms with Crippen LogP contribution in [0, 0.1) is 6.92 Å². The molecule has 1 aromatic rings. The van der Waals surface area contributed by atoms with Crippen LogP contribution in [0.25, 0.3) is 0 Å². The molecule has 0 spiro atoms. The Hall–Kier alpha value is -1.02. The van der Waals surface area contributed by atoms with Crippen LogP contribution in [0.3, 0.4) is 0 Å². The molecule has 0 saturated carbocycles. The zero-order chi connectivity index (χ0) is 12.3. The van der Waals surface area contributed by atoms with Crippen molar-refractivity contribution in [1.29, 1.82) is 0 Å². The molecule has 0 saturated heterocycles. The van der Waals surface area contributed by atoms with Crippen LogP contribution >= 0.6 is 11.6 Å². The molecule has 0 fully saturated rings. The van der Waals surface area contributed by atoms with Crippen LogP contribution in [-0.4, -0.2) is 18.3 Å². The van der Waals surface area contributed by atoms with Gasteiger partial charge in [0.25, 0.3) is 0 Å². The molecule has 2 nitrogen and oxygen atoms in total. The lowest BCUT2D eigenvalue weighted by molar-refractivity contribution is -0.118. The van der Waals surface area contributed by atoms with Crippen molar-refractivity contribution >= 4 is 23.2 Å². The smallest absolute Gasteiger partial charge is 0.227 e. The second kappa shape index (κ2) is 5.54. The quantitative estimate of drug-likeness (QED) is 0.594. The van der Waals surface area contributed by atoms with Gasteiger partial charge in [0.15, 0.2) is 0 Å². The van der Waals surface area contributed by atoms with Crippen LogP contribution in [0.15, 0.2) is 18.2 Å². The zero-order valence-electron chi connectivity index (χ0n) is 10.2. The Morgan fingerprint density at radius 3 is 2.88 bits per heavy atom. The van der Waals surface area contributed by atoms with Crippen molar-refractivity contribution in [1.82, 2.24) is 0 Å². The van der Waals surface area contributed by atoms with E-state index in [9.17, 15) is 4.79 Å². The number of rotatable bonds is 4. The first-order valence-corrected chi connectivity index (χ1v) is 6.71. The van der Waals surface area contributed by atoms with E-state index < -0.39 is 0 Å². The molecule has 0 aromatic heterocycles. The normalized spacial score (nSPS) is 14.9. The van der Waals surface area contributed by atoms with Crippen molar-refractivity contribution < 1.29 is 4.79 Å². The fourth-order valence-electron chi connectivity index (χ4n) is 2.30. The summed E-state index contributed by atoms with van der Waals surface area (Å²) in [4.78, 5) is 13.9. The molecule has 1 amide bonds. The predicted molar refractivity (Wildman–Crippen MR) is 71.8 cm³/mol. The lowest BCUT2D eigenvalue weighted by Crippen LogP contribution is -2.35. The minimum Gasteiger partial charge on any atom is -0.312 e. The van der Waals surface area contributed by atoms with Crippen molar-refractivity contribution in [3.8, 4) is 0 Å². The van der Waals surface area contributed by atoms with Gasteiger partial charge in [0.05, 0.1) is 0 Å². The maximum atomic E-state index is 11.9. The van der Waals surface area contributed by atoms with Crippen molar-refractivity contribution in [3.05, 3.63) is 29.3 Å². The highest BCUT2D eigenvalue weighted by molar-refractivity contribution is 6.17. The highest BCUT2D eigenvalue weighted by atomic mass is 35.5. The van der Waals surface area contributed by atoms with Gasteiger partial charge in [-0.3, -0.25) is 4.79 Å². The second-order valence-electron chi connectivity index (χ2n) is 4.57. The van der Waals surface area contributed by atoms with Crippen LogP contribution in [-0.2, 0) is 11.2 Å². The zero-order valence-corrected chi connectivity index (χ0v) is 11.0. The molecular weight excluding hydrogens is 234 g/mol. The highest BCUT2D eigenvalue weighted by Crippen LogP contribution is 2.28. The number of fused-ring (bicyclic) bond motifs is 1. The van der Waals surface area contributed by atoms with Gasteiger partial charge in [0.1, 0.15) is 0 Å². The first-order valence-electron chi connectivity index (χ1n) is 6.18. The fraction of sp³-hybridized carbons (Fsp3) is 0.500. The van der Waals surface area contributed by atoms with Crippen LogP contribution in [0.4, 0.5) is 5.69 Å². The summed E-state index contributed by atoms with van der Waals surface area (Å²) in [5.74, 6) is 0.916. The van der Waals surface area contributed by atoms with Gasteiger partial charge in [-0.25, -0.2) is 0 Å². The molecule has 0 N–H and O–H groups in total. The van der Waals surface area contributed by atoms with Gasteiger partial charge in [0.2, 0.25) is 5.91 Å².